The van der Waals surface area contributed by atoms with Gasteiger partial charge in [-0.2, -0.15) is 0 Å². The number of benzene rings is 3. The maximum atomic E-state index is 14.1. The van der Waals surface area contributed by atoms with E-state index in [1.54, 1.807) is 29.2 Å². The van der Waals surface area contributed by atoms with Crippen LogP contribution in [-0.2, 0) is 32.6 Å². The smallest absolute Gasteiger partial charge is 0.243 e. The molecule has 2 amide bonds. The third-order valence-electron chi connectivity index (χ3n) is 8.05. The fourth-order valence-corrected chi connectivity index (χ4v) is 7.22. The van der Waals surface area contributed by atoms with Gasteiger partial charge in [-0.05, 0) is 73.7 Å². The number of nitrogens with zero attached hydrogens (tertiary/aromatic N) is 2. The van der Waals surface area contributed by atoms with Gasteiger partial charge in [0.05, 0.1) is 18.6 Å². The average Bonchev–Trinajstić information content (AvgIpc) is 3.02. The average molecular weight is 699 g/mol. The Balaban J connectivity index is 1.57. The van der Waals surface area contributed by atoms with Gasteiger partial charge in [0, 0.05) is 36.4 Å². The molecule has 0 unspecified atom stereocenters. The molecule has 0 heterocycles. The highest BCUT2D eigenvalue weighted by Gasteiger charge is 2.32. The van der Waals surface area contributed by atoms with E-state index in [9.17, 15) is 18.0 Å². The number of carbonyl (C=O) groups is 2. The van der Waals surface area contributed by atoms with Crippen LogP contribution in [0.4, 0.5) is 5.69 Å². The van der Waals surface area contributed by atoms with E-state index in [2.05, 4.69) is 21.2 Å². The lowest BCUT2D eigenvalue weighted by Crippen LogP contribution is -2.52. The van der Waals surface area contributed by atoms with Crippen LogP contribution >= 0.6 is 15.9 Å². The molecule has 1 aliphatic rings. The molecule has 1 saturated carbocycles. The number of amides is 2. The number of ether oxygens (including phenoxy) is 1. The first-order valence-corrected chi connectivity index (χ1v) is 18.4. The first-order valence-electron chi connectivity index (χ1n) is 15.7. The van der Waals surface area contributed by atoms with Gasteiger partial charge in [-0.3, -0.25) is 13.9 Å². The second-order valence-corrected chi connectivity index (χ2v) is 14.4. The van der Waals surface area contributed by atoms with Crippen molar-refractivity contribution in [3.05, 3.63) is 94.5 Å². The van der Waals surface area contributed by atoms with Gasteiger partial charge in [-0.25, -0.2) is 8.42 Å². The summed E-state index contributed by atoms with van der Waals surface area (Å²) < 4.78 is 33.2. The number of hydrogen-bond donors (Lipinski definition) is 1. The van der Waals surface area contributed by atoms with E-state index in [4.69, 9.17) is 4.74 Å². The molecule has 4 rings (SSSR count). The minimum absolute atomic E-state index is 0.0824. The van der Waals surface area contributed by atoms with E-state index in [1.807, 2.05) is 61.5 Å². The molecule has 242 valence electrons. The molecule has 8 nitrogen and oxygen atoms in total. The lowest BCUT2D eigenvalue weighted by Gasteiger charge is -2.34. The highest BCUT2D eigenvalue weighted by Crippen LogP contribution is 2.24. The van der Waals surface area contributed by atoms with Crippen LogP contribution in [-0.4, -0.2) is 56.6 Å². The van der Waals surface area contributed by atoms with Crippen molar-refractivity contribution in [2.45, 2.75) is 76.9 Å². The third kappa shape index (κ3) is 10.6. The SMILES string of the molecule is CCOc1ccc(N(CCCC(=O)N(Cc2cccc(Br)c2)[C@H](Cc2ccccc2)C(=O)NC2CCCCC2)S(C)(=O)=O)cc1. The van der Waals surface area contributed by atoms with Gasteiger partial charge in [0.25, 0.3) is 0 Å². The number of rotatable bonds is 15. The highest BCUT2D eigenvalue weighted by atomic mass is 79.9. The van der Waals surface area contributed by atoms with Crippen LogP contribution in [0.1, 0.15) is 63.0 Å². The number of hydrogen-bond acceptors (Lipinski definition) is 5. The van der Waals surface area contributed by atoms with E-state index in [0.717, 1.165) is 47.5 Å². The van der Waals surface area contributed by atoms with Crippen LogP contribution in [0.15, 0.2) is 83.3 Å². The minimum atomic E-state index is -3.60. The van der Waals surface area contributed by atoms with Crippen molar-refractivity contribution < 1.29 is 22.7 Å². The quantitative estimate of drug-likeness (QED) is 0.196. The van der Waals surface area contributed by atoms with E-state index in [-0.39, 0.29) is 43.8 Å². The zero-order valence-corrected chi connectivity index (χ0v) is 28.6. The van der Waals surface area contributed by atoms with Crippen molar-refractivity contribution in [1.29, 1.82) is 0 Å². The summed E-state index contributed by atoms with van der Waals surface area (Å²) in [6.07, 6.45) is 7.13. The van der Waals surface area contributed by atoms with E-state index < -0.39 is 16.1 Å². The molecule has 1 aliphatic carbocycles. The van der Waals surface area contributed by atoms with Gasteiger partial charge in [-0.1, -0.05) is 77.7 Å². The van der Waals surface area contributed by atoms with Gasteiger partial charge < -0.3 is 15.0 Å². The maximum Gasteiger partial charge on any atom is 0.243 e. The summed E-state index contributed by atoms with van der Waals surface area (Å²) >= 11 is 3.53. The van der Waals surface area contributed by atoms with Gasteiger partial charge in [0.1, 0.15) is 11.8 Å². The highest BCUT2D eigenvalue weighted by molar-refractivity contribution is 9.10. The Kier molecular flexibility index (Phi) is 12.9. The van der Waals surface area contributed by atoms with Crippen molar-refractivity contribution in [2.75, 3.05) is 23.7 Å². The molecule has 0 saturated heterocycles. The van der Waals surface area contributed by atoms with E-state index in [1.165, 1.54) is 10.7 Å². The molecular weight excluding hydrogens is 654 g/mol. The number of anilines is 1. The van der Waals surface area contributed by atoms with Crippen molar-refractivity contribution in [3.8, 4) is 5.75 Å². The van der Waals surface area contributed by atoms with E-state index >= 15 is 0 Å². The zero-order valence-electron chi connectivity index (χ0n) is 26.2. The van der Waals surface area contributed by atoms with Crippen molar-refractivity contribution in [3.63, 3.8) is 0 Å². The first-order chi connectivity index (χ1) is 21.6. The van der Waals surface area contributed by atoms with Gasteiger partial charge in [0.2, 0.25) is 21.8 Å². The minimum Gasteiger partial charge on any atom is -0.494 e. The van der Waals surface area contributed by atoms with Gasteiger partial charge in [0.15, 0.2) is 0 Å². The Morgan fingerprint density at radius 2 is 1.64 bits per heavy atom. The monoisotopic (exact) mass is 697 g/mol. The Labute approximate surface area is 276 Å². The van der Waals surface area contributed by atoms with Gasteiger partial charge >= 0.3 is 0 Å². The summed E-state index contributed by atoms with van der Waals surface area (Å²) in [6, 6.07) is 23.8. The zero-order chi connectivity index (χ0) is 32.2. The Hall–Kier alpha value is -3.37. The molecule has 0 aromatic heterocycles. The summed E-state index contributed by atoms with van der Waals surface area (Å²) in [6.45, 7) is 2.78. The fourth-order valence-electron chi connectivity index (χ4n) is 5.81. The molecule has 1 fully saturated rings. The standard InChI is InChI=1S/C35H44BrN3O5S/c1-3-44-32-21-19-31(20-22-32)39(45(2,42)43)23-11-18-34(40)38(26-28-14-10-15-29(36)24-28)33(25-27-12-6-4-7-13-27)35(41)37-30-16-8-5-9-17-30/h4,6-7,10,12-15,19-22,24,30,33H,3,5,8-9,11,16-18,23,25-26H2,1-2H3,(H,37,41)/t33-/m1/s1. The van der Waals surface area contributed by atoms with Crippen LogP contribution in [0.25, 0.3) is 0 Å². The molecule has 45 heavy (non-hydrogen) atoms. The second-order valence-electron chi connectivity index (χ2n) is 11.6. The van der Waals surface area contributed by atoms with E-state index in [0.29, 0.717) is 24.5 Å². The molecule has 10 heteroatoms. The van der Waals surface area contributed by atoms with Crippen LogP contribution in [0, 0.1) is 0 Å². The largest absolute Gasteiger partial charge is 0.494 e. The molecule has 0 spiro atoms. The maximum absolute atomic E-state index is 14.1. The molecule has 0 radical (unpaired) electrons. The summed E-state index contributed by atoms with van der Waals surface area (Å²) in [5, 5.41) is 3.26. The van der Waals surface area contributed by atoms with Crippen LogP contribution in [0.5, 0.6) is 5.75 Å². The van der Waals surface area contributed by atoms with Crippen LogP contribution in [0.2, 0.25) is 0 Å². The lowest BCUT2D eigenvalue weighted by molar-refractivity contribution is -0.141. The Morgan fingerprint density at radius 3 is 2.29 bits per heavy atom. The van der Waals surface area contributed by atoms with Crippen molar-refractivity contribution >= 4 is 43.5 Å². The summed E-state index contributed by atoms with van der Waals surface area (Å²) in [7, 11) is -3.60. The molecular formula is C35H44BrN3O5S. The van der Waals surface area contributed by atoms with Crippen LogP contribution < -0.4 is 14.4 Å². The second kappa shape index (κ2) is 16.8. The van der Waals surface area contributed by atoms with Gasteiger partial charge in [-0.15, -0.1) is 0 Å². The number of nitrogens with one attached hydrogen (secondary N) is 1. The molecule has 1 atom stereocenters. The summed E-state index contributed by atoms with van der Waals surface area (Å²) in [4.78, 5) is 29.7. The number of halogens is 1. The number of carbonyl (C=O) groups excluding carboxylic acids is 2. The molecule has 0 aliphatic heterocycles. The van der Waals surface area contributed by atoms with Crippen molar-refractivity contribution in [2.24, 2.45) is 0 Å². The predicted octanol–water partition coefficient (Wildman–Crippen LogP) is 6.48. The molecule has 0 bridgehead atoms. The molecule has 1 N–H and O–H groups in total. The molecule has 3 aromatic carbocycles. The Bertz CT molecular complexity index is 1500. The predicted molar refractivity (Wildman–Crippen MR) is 183 cm³/mol. The first kappa shape index (κ1) is 34.5. The summed E-state index contributed by atoms with van der Waals surface area (Å²) in [5.74, 6) is 0.306. The Morgan fingerprint density at radius 1 is 0.956 bits per heavy atom. The number of sulfonamides is 1. The third-order valence-corrected chi connectivity index (χ3v) is 9.74. The molecule has 3 aromatic rings. The lowest BCUT2D eigenvalue weighted by atomic mass is 9.94. The topological polar surface area (TPSA) is 96.0 Å². The normalized spacial score (nSPS) is 14.4. The van der Waals surface area contributed by atoms with Crippen molar-refractivity contribution in [1.82, 2.24) is 10.2 Å². The fraction of sp³-hybridized carbons (Fsp3) is 0.429. The summed E-state index contributed by atoms with van der Waals surface area (Å²) in [5.41, 5.74) is 2.37. The van der Waals surface area contributed by atoms with Crippen LogP contribution in [0.3, 0.4) is 0 Å².